The van der Waals surface area contributed by atoms with Gasteiger partial charge in [0.1, 0.15) is 0 Å². The van der Waals surface area contributed by atoms with Crippen molar-refractivity contribution in [3.63, 3.8) is 0 Å². The normalized spacial score (nSPS) is 31.0. The van der Waals surface area contributed by atoms with Gasteiger partial charge < -0.3 is 15.8 Å². The Hall–Kier alpha value is -0.0700. The van der Waals surface area contributed by atoms with Gasteiger partial charge in [-0.3, -0.25) is 9.69 Å². The number of rotatable bonds is 5. The summed E-state index contributed by atoms with van der Waals surface area (Å²) in [5.41, 5.74) is 6.00. The molecular formula is C17H35Cl2N3O2. The van der Waals surface area contributed by atoms with E-state index in [0.29, 0.717) is 18.9 Å². The van der Waals surface area contributed by atoms with Gasteiger partial charge >= 0.3 is 0 Å². The first-order chi connectivity index (χ1) is 10.3. The Kier molecular flexibility index (Phi) is 10.1. The van der Waals surface area contributed by atoms with Crippen LogP contribution in [-0.4, -0.2) is 54.2 Å². The molecule has 0 bridgehead atoms. The van der Waals surface area contributed by atoms with Crippen LogP contribution in [0.25, 0.3) is 0 Å². The molecule has 1 aliphatic carbocycles. The van der Waals surface area contributed by atoms with E-state index in [4.69, 9.17) is 10.5 Å². The third kappa shape index (κ3) is 6.68. The summed E-state index contributed by atoms with van der Waals surface area (Å²) >= 11 is 0. The Morgan fingerprint density at radius 1 is 1.21 bits per heavy atom. The molecule has 1 heterocycles. The van der Waals surface area contributed by atoms with Crippen LogP contribution in [0.2, 0.25) is 0 Å². The molecule has 3 N–H and O–H groups in total. The van der Waals surface area contributed by atoms with Gasteiger partial charge in [0.05, 0.1) is 12.2 Å². The zero-order chi connectivity index (χ0) is 16.3. The molecular weight excluding hydrogens is 349 g/mol. The molecule has 0 aromatic heterocycles. The maximum absolute atomic E-state index is 12.2. The number of amides is 1. The lowest BCUT2D eigenvalue weighted by Crippen LogP contribution is -2.58. The van der Waals surface area contributed by atoms with Crippen molar-refractivity contribution in [2.45, 2.75) is 77.2 Å². The minimum atomic E-state index is -0.0558. The molecule has 1 saturated heterocycles. The van der Waals surface area contributed by atoms with Gasteiger partial charge in [-0.25, -0.2) is 0 Å². The molecule has 1 saturated carbocycles. The fourth-order valence-electron chi connectivity index (χ4n) is 3.73. The Bertz CT molecular complexity index is 386. The van der Waals surface area contributed by atoms with Crippen LogP contribution in [0.3, 0.4) is 0 Å². The molecule has 4 atom stereocenters. The van der Waals surface area contributed by atoms with Crippen LogP contribution in [0, 0.1) is 5.92 Å². The number of nitrogens with one attached hydrogen (secondary N) is 1. The monoisotopic (exact) mass is 383 g/mol. The SMILES string of the molecule is CC1CN(C(C)(C)CNC(=O)C[C@@H]2CCC[C@H]2N)CC(C)O1.Cl.Cl. The van der Waals surface area contributed by atoms with E-state index in [2.05, 4.69) is 37.9 Å². The lowest BCUT2D eigenvalue weighted by molar-refractivity contribution is -0.123. The first kappa shape index (κ1) is 23.9. The van der Waals surface area contributed by atoms with Gasteiger partial charge in [-0.2, -0.15) is 0 Å². The second-order valence-corrected chi connectivity index (χ2v) is 7.81. The lowest BCUT2D eigenvalue weighted by Gasteiger charge is -2.45. The summed E-state index contributed by atoms with van der Waals surface area (Å²) in [5, 5.41) is 3.12. The molecule has 0 aromatic carbocycles. The molecule has 2 unspecified atom stereocenters. The highest BCUT2D eigenvalue weighted by molar-refractivity contribution is 5.85. The van der Waals surface area contributed by atoms with Crippen LogP contribution < -0.4 is 11.1 Å². The smallest absolute Gasteiger partial charge is 0.220 e. The number of halogens is 2. The number of carbonyl (C=O) groups is 1. The predicted molar refractivity (Wildman–Crippen MR) is 103 cm³/mol. The van der Waals surface area contributed by atoms with Gasteiger partial charge in [-0.1, -0.05) is 6.42 Å². The zero-order valence-electron chi connectivity index (χ0n) is 15.4. The van der Waals surface area contributed by atoms with E-state index in [1.54, 1.807) is 0 Å². The molecule has 144 valence electrons. The quantitative estimate of drug-likeness (QED) is 0.764. The minimum Gasteiger partial charge on any atom is -0.373 e. The first-order valence-electron chi connectivity index (χ1n) is 8.70. The number of hydrogen-bond donors (Lipinski definition) is 2. The van der Waals surface area contributed by atoms with Crippen LogP contribution >= 0.6 is 24.8 Å². The maximum Gasteiger partial charge on any atom is 0.220 e. The molecule has 24 heavy (non-hydrogen) atoms. The first-order valence-corrected chi connectivity index (χ1v) is 8.70. The fraction of sp³-hybridized carbons (Fsp3) is 0.941. The number of morpholine rings is 1. The largest absolute Gasteiger partial charge is 0.373 e. The van der Waals surface area contributed by atoms with E-state index in [1.165, 1.54) is 0 Å². The summed E-state index contributed by atoms with van der Waals surface area (Å²) in [6.07, 6.45) is 4.38. The van der Waals surface area contributed by atoms with E-state index >= 15 is 0 Å². The van der Waals surface area contributed by atoms with Crippen molar-refractivity contribution >= 4 is 30.7 Å². The Morgan fingerprint density at radius 3 is 2.29 bits per heavy atom. The van der Waals surface area contributed by atoms with Crippen molar-refractivity contribution < 1.29 is 9.53 Å². The van der Waals surface area contributed by atoms with Gasteiger partial charge in [-0.05, 0) is 46.5 Å². The van der Waals surface area contributed by atoms with Crippen molar-refractivity contribution in [3.8, 4) is 0 Å². The van der Waals surface area contributed by atoms with Crippen LogP contribution in [0.5, 0.6) is 0 Å². The number of nitrogens with zero attached hydrogens (tertiary/aromatic N) is 1. The van der Waals surface area contributed by atoms with Crippen molar-refractivity contribution in [2.75, 3.05) is 19.6 Å². The van der Waals surface area contributed by atoms with E-state index < -0.39 is 0 Å². The molecule has 1 amide bonds. The van der Waals surface area contributed by atoms with E-state index in [0.717, 1.165) is 32.4 Å². The highest BCUT2D eigenvalue weighted by Crippen LogP contribution is 2.27. The topological polar surface area (TPSA) is 67.6 Å². The lowest BCUT2D eigenvalue weighted by atomic mass is 9.98. The van der Waals surface area contributed by atoms with Crippen LogP contribution in [0.15, 0.2) is 0 Å². The Morgan fingerprint density at radius 2 is 1.79 bits per heavy atom. The standard InChI is InChI=1S/C17H33N3O2.2ClH/c1-12-9-20(10-13(2)22-12)17(3,4)11-19-16(21)8-14-6-5-7-15(14)18;;/h12-15H,5-11,18H2,1-4H3,(H,19,21);2*1H/t12?,13?,14-,15+;;/m0../s1. The number of carbonyl (C=O) groups excluding carboxylic acids is 1. The van der Waals surface area contributed by atoms with Crippen LogP contribution in [0.4, 0.5) is 0 Å². The minimum absolute atomic E-state index is 0. The number of ether oxygens (including phenoxy) is 1. The molecule has 1 aliphatic heterocycles. The van der Waals surface area contributed by atoms with Gasteiger partial charge in [0.15, 0.2) is 0 Å². The Balaban J connectivity index is 0.00000264. The average molecular weight is 384 g/mol. The zero-order valence-corrected chi connectivity index (χ0v) is 17.0. The number of hydrogen-bond acceptors (Lipinski definition) is 4. The summed E-state index contributed by atoms with van der Waals surface area (Å²) in [6.45, 7) is 11.1. The van der Waals surface area contributed by atoms with E-state index in [9.17, 15) is 4.79 Å². The number of nitrogens with two attached hydrogens (primary N) is 1. The third-order valence-electron chi connectivity index (χ3n) is 5.16. The van der Waals surface area contributed by atoms with Gasteiger partial charge in [0.25, 0.3) is 0 Å². The second kappa shape index (κ2) is 10.2. The molecule has 5 nitrogen and oxygen atoms in total. The fourth-order valence-corrected chi connectivity index (χ4v) is 3.73. The van der Waals surface area contributed by atoms with E-state index in [-0.39, 0.29) is 54.5 Å². The van der Waals surface area contributed by atoms with Crippen molar-refractivity contribution in [3.05, 3.63) is 0 Å². The average Bonchev–Trinajstić information content (AvgIpc) is 2.81. The molecule has 2 fully saturated rings. The summed E-state index contributed by atoms with van der Waals surface area (Å²) < 4.78 is 5.79. The molecule has 0 radical (unpaired) electrons. The summed E-state index contributed by atoms with van der Waals surface area (Å²) in [5.74, 6) is 0.510. The van der Waals surface area contributed by atoms with E-state index in [1.807, 2.05) is 0 Å². The van der Waals surface area contributed by atoms with Crippen LogP contribution in [-0.2, 0) is 9.53 Å². The summed E-state index contributed by atoms with van der Waals surface area (Å²) in [7, 11) is 0. The summed E-state index contributed by atoms with van der Waals surface area (Å²) in [4.78, 5) is 14.6. The van der Waals surface area contributed by atoms with Crippen molar-refractivity contribution in [1.29, 1.82) is 0 Å². The Labute approximate surface area is 159 Å². The molecule has 2 rings (SSSR count). The third-order valence-corrected chi connectivity index (χ3v) is 5.16. The molecule has 7 heteroatoms. The summed E-state index contributed by atoms with van der Waals surface area (Å²) in [6, 6.07) is 0.208. The van der Waals surface area contributed by atoms with Gasteiger partial charge in [0.2, 0.25) is 5.91 Å². The highest BCUT2D eigenvalue weighted by atomic mass is 35.5. The van der Waals surface area contributed by atoms with Crippen molar-refractivity contribution in [1.82, 2.24) is 10.2 Å². The molecule has 2 aliphatic rings. The van der Waals surface area contributed by atoms with Crippen LogP contribution in [0.1, 0.15) is 53.4 Å². The van der Waals surface area contributed by atoms with Crippen molar-refractivity contribution in [2.24, 2.45) is 11.7 Å². The molecule has 0 aromatic rings. The second-order valence-electron chi connectivity index (χ2n) is 7.81. The molecule has 0 spiro atoms. The highest BCUT2D eigenvalue weighted by Gasteiger charge is 2.34. The van der Waals surface area contributed by atoms with Gasteiger partial charge in [-0.15, -0.1) is 24.8 Å². The predicted octanol–water partition coefficient (Wildman–Crippen LogP) is 2.35. The van der Waals surface area contributed by atoms with Gasteiger partial charge in [0, 0.05) is 37.6 Å². The maximum atomic E-state index is 12.2.